The van der Waals surface area contributed by atoms with Gasteiger partial charge in [-0.3, -0.25) is 14.4 Å². The summed E-state index contributed by atoms with van der Waals surface area (Å²) in [5, 5.41) is 2.90. The number of nitrogens with zero attached hydrogens (tertiary/aromatic N) is 2. The highest BCUT2D eigenvalue weighted by molar-refractivity contribution is 5.80. The van der Waals surface area contributed by atoms with Crippen LogP contribution in [0, 0.1) is 5.92 Å². The number of carbonyl (C=O) groups excluding carboxylic acids is 3. The number of furan rings is 1. The minimum atomic E-state index is -0.0627. The van der Waals surface area contributed by atoms with Crippen molar-refractivity contribution in [3.8, 4) is 0 Å². The highest BCUT2D eigenvalue weighted by atomic mass is 16.3. The zero-order valence-electron chi connectivity index (χ0n) is 17.8. The summed E-state index contributed by atoms with van der Waals surface area (Å²) in [4.78, 5) is 40.8. The van der Waals surface area contributed by atoms with Gasteiger partial charge < -0.3 is 19.5 Å². The summed E-state index contributed by atoms with van der Waals surface area (Å²) in [6, 6.07) is 3.63. The van der Waals surface area contributed by atoms with Gasteiger partial charge in [0.1, 0.15) is 5.76 Å². The molecule has 162 valence electrons. The quantitative estimate of drug-likeness (QED) is 0.614. The van der Waals surface area contributed by atoms with Gasteiger partial charge in [-0.25, -0.2) is 0 Å². The Labute approximate surface area is 173 Å². The van der Waals surface area contributed by atoms with Gasteiger partial charge in [-0.15, -0.1) is 0 Å². The molecule has 0 unspecified atom stereocenters. The van der Waals surface area contributed by atoms with Crippen LogP contribution in [0.3, 0.4) is 0 Å². The first-order valence-corrected chi connectivity index (χ1v) is 10.9. The third kappa shape index (κ3) is 7.55. The molecule has 1 N–H and O–H groups in total. The lowest BCUT2D eigenvalue weighted by Gasteiger charge is -2.31. The van der Waals surface area contributed by atoms with Crippen LogP contribution in [0.15, 0.2) is 22.8 Å². The van der Waals surface area contributed by atoms with Crippen molar-refractivity contribution in [3.05, 3.63) is 24.2 Å². The standard InChI is InChI=1S/C22H35N3O4/c1-3-12-24(13-4-2)20(26)8-5-9-21(27)25-14-10-18(11-15-25)22(28)23-17-19-7-6-16-29-19/h6-7,16,18H,3-5,8-15,17H2,1-2H3,(H,23,28). The fraction of sp³-hybridized carbons (Fsp3) is 0.682. The van der Waals surface area contributed by atoms with E-state index in [4.69, 9.17) is 4.42 Å². The van der Waals surface area contributed by atoms with Gasteiger partial charge in [0.25, 0.3) is 0 Å². The SMILES string of the molecule is CCCN(CCC)C(=O)CCCC(=O)N1CCC(C(=O)NCc2ccco2)CC1. The second-order valence-electron chi connectivity index (χ2n) is 7.69. The molecule has 29 heavy (non-hydrogen) atoms. The fourth-order valence-corrected chi connectivity index (χ4v) is 3.73. The summed E-state index contributed by atoms with van der Waals surface area (Å²) >= 11 is 0. The summed E-state index contributed by atoms with van der Waals surface area (Å²) in [5.74, 6) is 0.924. The van der Waals surface area contributed by atoms with Crippen LogP contribution in [0.4, 0.5) is 0 Å². The van der Waals surface area contributed by atoms with Crippen molar-refractivity contribution in [2.45, 2.75) is 65.3 Å². The van der Waals surface area contributed by atoms with Crippen LogP contribution in [-0.2, 0) is 20.9 Å². The average Bonchev–Trinajstić information content (AvgIpc) is 3.25. The normalized spacial score (nSPS) is 14.6. The largest absolute Gasteiger partial charge is 0.467 e. The molecule has 7 nitrogen and oxygen atoms in total. The van der Waals surface area contributed by atoms with Crippen LogP contribution >= 0.6 is 0 Å². The van der Waals surface area contributed by atoms with E-state index in [0.717, 1.165) is 31.7 Å². The first-order chi connectivity index (χ1) is 14.0. The summed E-state index contributed by atoms with van der Waals surface area (Å²) in [7, 11) is 0. The molecule has 0 aromatic carbocycles. The molecule has 0 radical (unpaired) electrons. The van der Waals surface area contributed by atoms with Gasteiger partial charge in [0.05, 0.1) is 12.8 Å². The molecule has 1 aromatic rings. The lowest BCUT2D eigenvalue weighted by molar-refractivity contribution is -0.136. The number of piperidine rings is 1. The maximum Gasteiger partial charge on any atom is 0.223 e. The van der Waals surface area contributed by atoms with Crippen molar-refractivity contribution in [1.29, 1.82) is 0 Å². The number of amides is 3. The highest BCUT2D eigenvalue weighted by Crippen LogP contribution is 2.19. The third-order valence-corrected chi connectivity index (χ3v) is 5.36. The number of likely N-dealkylation sites (tertiary alicyclic amines) is 1. The van der Waals surface area contributed by atoms with Crippen LogP contribution in [0.25, 0.3) is 0 Å². The van der Waals surface area contributed by atoms with Crippen molar-refractivity contribution in [3.63, 3.8) is 0 Å². The van der Waals surface area contributed by atoms with Crippen molar-refractivity contribution >= 4 is 17.7 Å². The van der Waals surface area contributed by atoms with E-state index < -0.39 is 0 Å². The van der Waals surface area contributed by atoms with E-state index in [1.807, 2.05) is 15.9 Å². The van der Waals surface area contributed by atoms with Gasteiger partial charge in [-0.05, 0) is 44.2 Å². The average molecular weight is 406 g/mol. The van der Waals surface area contributed by atoms with E-state index in [1.165, 1.54) is 0 Å². The van der Waals surface area contributed by atoms with Crippen LogP contribution < -0.4 is 5.32 Å². The van der Waals surface area contributed by atoms with E-state index in [0.29, 0.717) is 51.7 Å². The van der Waals surface area contributed by atoms with E-state index in [1.54, 1.807) is 12.3 Å². The van der Waals surface area contributed by atoms with Crippen LogP contribution in [-0.4, -0.2) is 53.7 Å². The van der Waals surface area contributed by atoms with Gasteiger partial charge in [0.15, 0.2) is 0 Å². The summed E-state index contributed by atoms with van der Waals surface area (Å²) in [6.07, 6.45) is 6.26. The molecule has 1 saturated heterocycles. The Bertz CT molecular complexity index is 630. The molecule has 2 heterocycles. The Balaban J connectivity index is 1.65. The lowest BCUT2D eigenvalue weighted by Crippen LogP contribution is -2.43. The topological polar surface area (TPSA) is 82.9 Å². The number of carbonyl (C=O) groups is 3. The van der Waals surface area contributed by atoms with Crippen molar-refractivity contribution in [2.75, 3.05) is 26.2 Å². The molecular weight excluding hydrogens is 370 g/mol. The molecule has 1 aliphatic rings. The van der Waals surface area contributed by atoms with E-state index >= 15 is 0 Å². The summed E-state index contributed by atoms with van der Waals surface area (Å²) in [5.41, 5.74) is 0. The van der Waals surface area contributed by atoms with Gasteiger partial charge in [-0.1, -0.05) is 13.8 Å². The highest BCUT2D eigenvalue weighted by Gasteiger charge is 2.27. The second-order valence-corrected chi connectivity index (χ2v) is 7.69. The molecular formula is C22H35N3O4. The Hall–Kier alpha value is -2.31. The molecule has 3 amide bonds. The molecule has 2 rings (SSSR count). The maximum absolute atomic E-state index is 12.4. The predicted molar refractivity (Wildman–Crippen MR) is 111 cm³/mol. The Morgan fingerprint density at radius 2 is 1.83 bits per heavy atom. The number of rotatable bonds is 11. The monoisotopic (exact) mass is 405 g/mol. The number of nitrogens with one attached hydrogen (secondary N) is 1. The zero-order chi connectivity index (χ0) is 21.1. The van der Waals surface area contributed by atoms with Crippen molar-refractivity contribution in [2.24, 2.45) is 5.92 Å². The van der Waals surface area contributed by atoms with E-state index in [-0.39, 0.29) is 23.6 Å². The minimum absolute atomic E-state index is 0.0195. The second kappa shape index (κ2) is 12.3. The smallest absolute Gasteiger partial charge is 0.223 e. The summed E-state index contributed by atoms with van der Waals surface area (Å²) in [6.45, 7) is 7.31. The summed E-state index contributed by atoms with van der Waals surface area (Å²) < 4.78 is 5.22. The third-order valence-electron chi connectivity index (χ3n) is 5.36. The molecule has 0 saturated carbocycles. The minimum Gasteiger partial charge on any atom is -0.467 e. The molecule has 0 aliphatic carbocycles. The van der Waals surface area contributed by atoms with Gasteiger partial charge in [-0.2, -0.15) is 0 Å². The fourth-order valence-electron chi connectivity index (χ4n) is 3.73. The molecule has 1 fully saturated rings. The van der Waals surface area contributed by atoms with E-state index in [9.17, 15) is 14.4 Å². The Morgan fingerprint density at radius 1 is 1.14 bits per heavy atom. The molecule has 0 atom stereocenters. The molecule has 0 bridgehead atoms. The van der Waals surface area contributed by atoms with E-state index in [2.05, 4.69) is 19.2 Å². The van der Waals surface area contributed by atoms with Crippen molar-refractivity contribution in [1.82, 2.24) is 15.1 Å². The van der Waals surface area contributed by atoms with Crippen molar-refractivity contribution < 1.29 is 18.8 Å². The van der Waals surface area contributed by atoms with Crippen LogP contribution in [0.2, 0.25) is 0 Å². The van der Waals surface area contributed by atoms with Gasteiger partial charge in [0, 0.05) is 44.9 Å². The molecule has 1 aliphatic heterocycles. The zero-order valence-corrected chi connectivity index (χ0v) is 17.8. The first kappa shape index (κ1) is 23.0. The predicted octanol–water partition coefficient (Wildman–Crippen LogP) is 2.95. The Kier molecular flexibility index (Phi) is 9.74. The Morgan fingerprint density at radius 3 is 2.41 bits per heavy atom. The molecule has 1 aromatic heterocycles. The van der Waals surface area contributed by atoms with Gasteiger partial charge >= 0.3 is 0 Å². The lowest BCUT2D eigenvalue weighted by atomic mass is 9.95. The van der Waals surface area contributed by atoms with Crippen LogP contribution in [0.5, 0.6) is 0 Å². The maximum atomic E-state index is 12.4. The number of hydrogen-bond acceptors (Lipinski definition) is 4. The first-order valence-electron chi connectivity index (χ1n) is 10.9. The molecule has 7 heteroatoms. The molecule has 0 spiro atoms. The van der Waals surface area contributed by atoms with Crippen LogP contribution in [0.1, 0.15) is 64.6 Å². The van der Waals surface area contributed by atoms with Gasteiger partial charge in [0.2, 0.25) is 17.7 Å². The number of hydrogen-bond donors (Lipinski definition) is 1.